The second-order valence-electron chi connectivity index (χ2n) is 5.22. The number of carbonyl (C=O) groups is 1. The number of aliphatic hydroxyl groups is 1. The topological polar surface area (TPSA) is 40.5 Å². The molecule has 1 aromatic carbocycles. The highest BCUT2D eigenvalue weighted by atomic mass is 35.5. The molecular formula is C14H17ClFNO2. The summed E-state index contributed by atoms with van der Waals surface area (Å²) < 4.78 is 13.6. The molecule has 0 unspecified atom stereocenters. The second-order valence-corrected chi connectivity index (χ2v) is 5.65. The van der Waals surface area contributed by atoms with Crippen molar-refractivity contribution in [3.8, 4) is 0 Å². The summed E-state index contributed by atoms with van der Waals surface area (Å²) in [7, 11) is 1.57. The van der Waals surface area contributed by atoms with Crippen LogP contribution in [-0.4, -0.2) is 35.1 Å². The fraction of sp³-hybridized carbons (Fsp3) is 0.500. The van der Waals surface area contributed by atoms with E-state index < -0.39 is 17.3 Å². The van der Waals surface area contributed by atoms with Gasteiger partial charge in [0.15, 0.2) is 0 Å². The van der Waals surface area contributed by atoms with Crippen molar-refractivity contribution >= 4 is 17.5 Å². The van der Waals surface area contributed by atoms with Gasteiger partial charge in [0, 0.05) is 18.6 Å². The first-order chi connectivity index (χ1) is 8.91. The maximum atomic E-state index is 13.6. The molecule has 0 spiro atoms. The smallest absolute Gasteiger partial charge is 0.256 e. The maximum Gasteiger partial charge on any atom is 0.256 e. The number of halogens is 2. The van der Waals surface area contributed by atoms with Crippen LogP contribution in [0.25, 0.3) is 0 Å². The normalized spacial score (nSPS) is 17.5. The lowest BCUT2D eigenvalue weighted by atomic mass is 10.0. The lowest BCUT2D eigenvalue weighted by molar-refractivity contribution is 0.0155. The van der Waals surface area contributed by atoms with E-state index in [1.807, 2.05) is 0 Å². The molecule has 19 heavy (non-hydrogen) atoms. The number of carbonyl (C=O) groups excluding carboxylic acids is 1. The molecule has 1 amide bonds. The van der Waals surface area contributed by atoms with E-state index in [0.717, 1.165) is 12.8 Å². The van der Waals surface area contributed by atoms with Gasteiger partial charge in [-0.1, -0.05) is 24.4 Å². The van der Waals surface area contributed by atoms with Gasteiger partial charge in [0.25, 0.3) is 5.91 Å². The van der Waals surface area contributed by atoms with Gasteiger partial charge in [0.05, 0.1) is 11.2 Å². The summed E-state index contributed by atoms with van der Waals surface area (Å²) in [6.07, 6.45) is 3.29. The zero-order valence-electron chi connectivity index (χ0n) is 10.8. The molecule has 0 heterocycles. The van der Waals surface area contributed by atoms with Crippen LogP contribution in [0.5, 0.6) is 0 Å². The molecule has 1 N–H and O–H groups in total. The van der Waals surface area contributed by atoms with Crippen LogP contribution < -0.4 is 0 Å². The standard InChI is InChI=1S/C14H17ClFNO2/c1-17(9-14(19)6-2-3-7-14)13(18)11-8-10(15)4-5-12(11)16/h4-5,8,19H,2-3,6-7,9H2,1H3. The van der Waals surface area contributed by atoms with Crippen LogP contribution in [0.2, 0.25) is 5.02 Å². The minimum Gasteiger partial charge on any atom is -0.388 e. The van der Waals surface area contributed by atoms with E-state index in [4.69, 9.17) is 11.6 Å². The van der Waals surface area contributed by atoms with Crippen LogP contribution in [0.1, 0.15) is 36.0 Å². The van der Waals surface area contributed by atoms with E-state index in [1.54, 1.807) is 7.05 Å². The lowest BCUT2D eigenvalue weighted by Crippen LogP contribution is -2.42. The second kappa shape index (κ2) is 5.47. The average Bonchev–Trinajstić information content (AvgIpc) is 2.78. The Morgan fingerprint density at radius 1 is 1.47 bits per heavy atom. The third-order valence-electron chi connectivity index (χ3n) is 3.57. The van der Waals surface area contributed by atoms with Crippen molar-refractivity contribution in [2.45, 2.75) is 31.3 Å². The molecule has 0 aromatic heterocycles. The highest BCUT2D eigenvalue weighted by molar-refractivity contribution is 6.30. The van der Waals surface area contributed by atoms with Gasteiger partial charge in [-0.3, -0.25) is 4.79 Å². The first kappa shape index (κ1) is 14.3. The van der Waals surface area contributed by atoms with Gasteiger partial charge in [-0.2, -0.15) is 0 Å². The molecule has 5 heteroatoms. The quantitative estimate of drug-likeness (QED) is 0.928. The zero-order valence-corrected chi connectivity index (χ0v) is 11.6. The van der Waals surface area contributed by atoms with Crippen LogP contribution in [0.15, 0.2) is 18.2 Å². The van der Waals surface area contributed by atoms with E-state index in [2.05, 4.69) is 0 Å². The Bertz CT molecular complexity index is 486. The van der Waals surface area contributed by atoms with Crippen molar-refractivity contribution in [2.24, 2.45) is 0 Å². The molecule has 1 saturated carbocycles. The first-order valence-corrected chi connectivity index (χ1v) is 6.72. The van der Waals surface area contributed by atoms with Crippen molar-refractivity contribution < 1.29 is 14.3 Å². The van der Waals surface area contributed by atoms with E-state index in [9.17, 15) is 14.3 Å². The van der Waals surface area contributed by atoms with Crippen LogP contribution in [0.4, 0.5) is 4.39 Å². The number of nitrogens with zero attached hydrogens (tertiary/aromatic N) is 1. The molecule has 1 fully saturated rings. The Morgan fingerprint density at radius 2 is 2.11 bits per heavy atom. The number of hydrogen-bond donors (Lipinski definition) is 1. The van der Waals surface area contributed by atoms with Crippen LogP contribution in [0.3, 0.4) is 0 Å². The fourth-order valence-corrected chi connectivity index (χ4v) is 2.74. The third kappa shape index (κ3) is 3.25. The molecule has 0 radical (unpaired) electrons. The summed E-state index contributed by atoms with van der Waals surface area (Å²) in [5, 5.41) is 10.6. The minimum absolute atomic E-state index is 0.0587. The Kier molecular flexibility index (Phi) is 4.11. The Balaban J connectivity index is 2.12. The summed E-state index contributed by atoms with van der Waals surface area (Å²) in [6.45, 7) is 0.220. The fourth-order valence-electron chi connectivity index (χ4n) is 2.57. The van der Waals surface area contributed by atoms with Crippen molar-refractivity contribution in [1.29, 1.82) is 0 Å². The molecule has 0 saturated heterocycles. The molecular weight excluding hydrogens is 269 g/mol. The molecule has 1 aliphatic carbocycles. The maximum absolute atomic E-state index is 13.6. The summed E-state index contributed by atoms with van der Waals surface area (Å²) in [5.41, 5.74) is -0.893. The molecule has 104 valence electrons. The van der Waals surface area contributed by atoms with Crippen molar-refractivity contribution in [3.63, 3.8) is 0 Å². The van der Waals surface area contributed by atoms with Gasteiger partial charge in [0.2, 0.25) is 0 Å². The number of amides is 1. The summed E-state index contributed by atoms with van der Waals surface area (Å²) >= 11 is 5.78. The highest BCUT2D eigenvalue weighted by Crippen LogP contribution is 2.30. The molecule has 1 aromatic rings. The zero-order chi connectivity index (χ0) is 14.0. The van der Waals surface area contributed by atoms with E-state index in [0.29, 0.717) is 17.9 Å². The molecule has 0 atom stereocenters. The number of rotatable bonds is 3. The largest absolute Gasteiger partial charge is 0.388 e. The highest BCUT2D eigenvalue weighted by Gasteiger charge is 2.34. The first-order valence-electron chi connectivity index (χ1n) is 6.34. The Morgan fingerprint density at radius 3 is 2.74 bits per heavy atom. The molecule has 3 nitrogen and oxygen atoms in total. The van der Waals surface area contributed by atoms with Crippen LogP contribution in [-0.2, 0) is 0 Å². The van der Waals surface area contributed by atoms with E-state index >= 15 is 0 Å². The Hall–Kier alpha value is -1.13. The predicted molar refractivity (Wildman–Crippen MR) is 71.8 cm³/mol. The number of likely N-dealkylation sites (N-methyl/N-ethyl adjacent to an activating group) is 1. The molecule has 0 aliphatic heterocycles. The van der Waals surface area contributed by atoms with Crippen molar-refractivity contribution in [2.75, 3.05) is 13.6 Å². The van der Waals surface area contributed by atoms with Gasteiger partial charge in [-0.25, -0.2) is 4.39 Å². The van der Waals surface area contributed by atoms with Crippen LogP contribution >= 0.6 is 11.6 Å². The summed E-state index contributed by atoms with van der Waals surface area (Å²) in [6, 6.07) is 3.89. The number of hydrogen-bond acceptors (Lipinski definition) is 2. The predicted octanol–water partition coefficient (Wildman–Crippen LogP) is 2.86. The SMILES string of the molecule is CN(CC1(O)CCCC1)C(=O)c1cc(Cl)ccc1F. The van der Waals surface area contributed by atoms with Gasteiger partial charge in [-0.05, 0) is 31.0 Å². The molecule has 0 bridgehead atoms. The summed E-state index contributed by atoms with van der Waals surface area (Å²) in [4.78, 5) is 13.5. The van der Waals surface area contributed by atoms with Gasteiger partial charge in [0.1, 0.15) is 5.82 Å². The minimum atomic E-state index is -0.834. The van der Waals surface area contributed by atoms with E-state index in [-0.39, 0.29) is 12.1 Å². The number of benzene rings is 1. The summed E-state index contributed by atoms with van der Waals surface area (Å²) in [5.74, 6) is -1.06. The van der Waals surface area contributed by atoms with Crippen molar-refractivity contribution in [1.82, 2.24) is 4.90 Å². The lowest BCUT2D eigenvalue weighted by Gasteiger charge is -2.28. The monoisotopic (exact) mass is 285 g/mol. The van der Waals surface area contributed by atoms with Crippen LogP contribution in [0, 0.1) is 5.82 Å². The van der Waals surface area contributed by atoms with E-state index in [1.165, 1.54) is 23.1 Å². The van der Waals surface area contributed by atoms with Gasteiger partial charge >= 0.3 is 0 Å². The van der Waals surface area contributed by atoms with Gasteiger partial charge < -0.3 is 10.0 Å². The third-order valence-corrected chi connectivity index (χ3v) is 3.81. The average molecular weight is 286 g/mol. The molecule has 2 rings (SSSR count). The van der Waals surface area contributed by atoms with Gasteiger partial charge in [-0.15, -0.1) is 0 Å². The molecule has 1 aliphatic rings. The van der Waals surface area contributed by atoms with Crippen molar-refractivity contribution in [3.05, 3.63) is 34.6 Å². The Labute approximate surface area is 117 Å².